The molecule has 0 bridgehead atoms. The highest BCUT2D eigenvalue weighted by Gasteiger charge is 2.09. The van der Waals surface area contributed by atoms with Crippen LogP contribution in [0, 0.1) is 5.92 Å². The summed E-state index contributed by atoms with van der Waals surface area (Å²) in [6, 6.07) is 3.11. The number of carbonyl (C=O) groups is 3. The number of ether oxygens (including phenoxy) is 1. The second-order valence-corrected chi connectivity index (χ2v) is 7.56. The van der Waals surface area contributed by atoms with Gasteiger partial charge in [0.05, 0.1) is 3.79 Å². The topological polar surface area (TPSA) is 84.5 Å². The Bertz CT molecular complexity index is 584. The molecular formula is C15H19BrN2O4S. The Morgan fingerprint density at radius 1 is 1.35 bits per heavy atom. The maximum Gasteiger partial charge on any atom is 0.331 e. The summed E-state index contributed by atoms with van der Waals surface area (Å²) in [4.78, 5) is 35.2. The van der Waals surface area contributed by atoms with Gasteiger partial charge in [-0.15, -0.1) is 11.3 Å². The van der Waals surface area contributed by atoms with Gasteiger partial charge in [-0.25, -0.2) is 9.59 Å². The normalized spacial score (nSPS) is 10.8. The maximum atomic E-state index is 11.5. The number of thiophene rings is 1. The Kier molecular flexibility index (Phi) is 8.57. The smallest absolute Gasteiger partial charge is 0.331 e. The Balaban J connectivity index is 2.23. The monoisotopic (exact) mass is 402 g/mol. The molecule has 0 spiro atoms. The average Bonchev–Trinajstić information content (AvgIpc) is 2.88. The Morgan fingerprint density at radius 3 is 2.70 bits per heavy atom. The van der Waals surface area contributed by atoms with Crippen molar-refractivity contribution in [1.82, 2.24) is 10.6 Å². The lowest BCUT2D eigenvalue weighted by Gasteiger charge is -2.08. The largest absolute Gasteiger partial charge is 0.452 e. The molecule has 0 saturated heterocycles. The lowest BCUT2D eigenvalue weighted by atomic mass is 10.1. The van der Waals surface area contributed by atoms with Crippen LogP contribution in [0.3, 0.4) is 0 Å². The molecule has 3 amide bonds. The summed E-state index contributed by atoms with van der Waals surface area (Å²) in [6.45, 7) is 4.05. The summed E-state index contributed by atoms with van der Waals surface area (Å²) >= 11 is 4.78. The van der Waals surface area contributed by atoms with Crippen molar-refractivity contribution in [3.05, 3.63) is 26.9 Å². The number of halogens is 1. The van der Waals surface area contributed by atoms with E-state index >= 15 is 0 Å². The van der Waals surface area contributed by atoms with Crippen molar-refractivity contribution >= 4 is 51.3 Å². The first-order valence-corrected chi connectivity index (χ1v) is 8.65. The van der Waals surface area contributed by atoms with Gasteiger partial charge in [0.25, 0.3) is 5.91 Å². The van der Waals surface area contributed by atoms with Crippen molar-refractivity contribution < 1.29 is 19.1 Å². The lowest BCUT2D eigenvalue weighted by molar-refractivity contribution is -0.143. The third kappa shape index (κ3) is 9.14. The fraction of sp³-hybridized carbons (Fsp3) is 0.400. The zero-order valence-corrected chi connectivity index (χ0v) is 15.3. The molecule has 8 heteroatoms. The third-order valence-corrected chi connectivity index (χ3v) is 4.17. The van der Waals surface area contributed by atoms with Crippen molar-refractivity contribution in [2.75, 3.05) is 13.2 Å². The molecule has 23 heavy (non-hydrogen) atoms. The lowest BCUT2D eigenvalue weighted by Crippen LogP contribution is -2.41. The van der Waals surface area contributed by atoms with Gasteiger partial charge in [0.1, 0.15) is 0 Å². The number of esters is 1. The van der Waals surface area contributed by atoms with E-state index in [9.17, 15) is 14.4 Å². The zero-order chi connectivity index (χ0) is 17.2. The Hall–Kier alpha value is -1.67. The van der Waals surface area contributed by atoms with Crippen molar-refractivity contribution in [3.8, 4) is 0 Å². The van der Waals surface area contributed by atoms with Gasteiger partial charge in [0.15, 0.2) is 6.61 Å². The molecule has 0 aliphatic carbocycles. The van der Waals surface area contributed by atoms with Gasteiger partial charge < -0.3 is 10.1 Å². The number of nitrogens with one attached hydrogen (secondary N) is 2. The average molecular weight is 403 g/mol. The van der Waals surface area contributed by atoms with Crippen LogP contribution in [0.25, 0.3) is 6.08 Å². The molecule has 126 valence electrons. The summed E-state index contributed by atoms with van der Waals surface area (Å²) in [7, 11) is 0. The molecule has 0 aromatic carbocycles. The standard InChI is InChI=1S/C15H19BrN2O4S/c1-10(2)7-8-17-15(21)18-13(19)9-22-14(20)6-4-11-3-5-12(16)23-11/h3-6,10H,7-9H2,1-2H3,(H2,17,18,19,21)/b6-4+. The molecule has 0 saturated carbocycles. The van der Waals surface area contributed by atoms with Gasteiger partial charge in [0, 0.05) is 17.5 Å². The second-order valence-electron chi connectivity index (χ2n) is 5.07. The fourth-order valence-electron chi connectivity index (χ4n) is 1.43. The van der Waals surface area contributed by atoms with E-state index in [-0.39, 0.29) is 0 Å². The number of carbonyl (C=O) groups excluding carboxylic acids is 3. The summed E-state index contributed by atoms with van der Waals surface area (Å²) in [5.41, 5.74) is 0. The molecular weight excluding hydrogens is 384 g/mol. The minimum atomic E-state index is -0.673. The van der Waals surface area contributed by atoms with Crippen LogP contribution in [0.1, 0.15) is 25.1 Å². The van der Waals surface area contributed by atoms with Crippen LogP contribution in [0.4, 0.5) is 4.79 Å². The fourth-order valence-corrected chi connectivity index (χ4v) is 2.76. The van der Waals surface area contributed by atoms with Gasteiger partial charge in [0.2, 0.25) is 0 Å². The predicted octanol–water partition coefficient (Wildman–Crippen LogP) is 2.94. The first kappa shape index (κ1) is 19.4. The van der Waals surface area contributed by atoms with Crippen LogP contribution in [-0.4, -0.2) is 31.1 Å². The second kappa shape index (κ2) is 10.2. The van der Waals surface area contributed by atoms with Crippen molar-refractivity contribution in [1.29, 1.82) is 0 Å². The van der Waals surface area contributed by atoms with Crippen LogP contribution in [0.5, 0.6) is 0 Å². The molecule has 0 fully saturated rings. The summed E-state index contributed by atoms with van der Waals surface area (Å²) in [5.74, 6) is -0.861. The molecule has 0 atom stereocenters. The Labute approximate surface area is 147 Å². The highest BCUT2D eigenvalue weighted by molar-refractivity contribution is 9.11. The van der Waals surface area contributed by atoms with Gasteiger partial charge >= 0.3 is 12.0 Å². The SMILES string of the molecule is CC(C)CCNC(=O)NC(=O)COC(=O)/C=C/c1ccc(Br)s1. The number of hydrogen-bond donors (Lipinski definition) is 2. The minimum Gasteiger partial charge on any atom is -0.452 e. The summed E-state index contributed by atoms with van der Waals surface area (Å²) in [5, 5.41) is 4.64. The first-order chi connectivity index (χ1) is 10.9. The number of rotatable bonds is 7. The van der Waals surface area contributed by atoms with E-state index in [2.05, 4.69) is 26.6 Å². The van der Waals surface area contributed by atoms with E-state index < -0.39 is 24.5 Å². The van der Waals surface area contributed by atoms with Crippen LogP contribution < -0.4 is 10.6 Å². The van der Waals surface area contributed by atoms with Gasteiger partial charge in [-0.05, 0) is 46.5 Å². The van der Waals surface area contributed by atoms with Crippen molar-refractivity contribution in [2.45, 2.75) is 20.3 Å². The quantitative estimate of drug-likeness (QED) is 0.542. The Morgan fingerprint density at radius 2 is 2.09 bits per heavy atom. The van der Waals surface area contributed by atoms with Crippen molar-refractivity contribution in [3.63, 3.8) is 0 Å². The number of hydrogen-bond acceptors (Lipinski definition) is 5. The molecule has 6 nitrogen and oxygen atoms in total. The van der Waals surface area contributed by atoms with E-state index in [1.807, 2.05) is 26.0 Å². The summed E-state index contributed by atoms with van der Waals surface area (Å²) in [6.07, 6.45) is 3.64. The molecule has 0 unspecified atom stereocenters. The molecule has 0 aliphatic rings. The first-order valence-electron chi connectivity index (χ1n) is 7.04. The molecule has 1 aromatic heterocycles. The third-order valence-electron chi connectivity index (χ3n) is 2.58. The molecule has 0 aliphatic heterocycles. The van der Waals surface area contributed by atoms with Crippen molar-refractivity contribution in [2.24, 2.45) is 5.92 Å². The molecule has 1 heterocycles. The van der Waals surface area contributed by atoms with Crippen LogP contribution >= 0.6 is 27.3 Å². The molecule has 0 radical (unpaired) electrons. The van der Waals surface area contributed by atoms with Crippen LogP contribution in [0.2, 0.25) is 0 Å². The highest BCUT2D eigenvalue weighted by Crippen LogP contribution is 2.22. The summed E-state index contributed by atoms with van der Waals surface area (Å²) < 4.78 is 5.70. The van der Waals surface area contributed by atoms with E-state index in [0.29, 0.717) is 12.5 Å². The van der Waals surface area contributed by atoms with Gasteiger partial charge in [-0.3, -0.25) is 10.1 Å². The van der Waals surface area contributed by atoms with Crippen LogP contribution in [-0.2, 0) is 14.3 Å². The van der Waals surface area contributed by atoms with Gasteiger partial charge in [-0.2, -0.15) is 0 Å². The van der Waals surface area contributed by atoms with Crippen LogP contribution in [0.15, 0.2) is 22.0 Å². The van der Waals surface area contributed by atoms with Gasteiger partial charge in [-0.1, -0.05) is 13.8 Å². The molecule has 1 aromatic rings. The predicted molar refractivity (Wildman–Crippen MR) is 93.0 cm³/mol. The zero-order valence-electron chi connectivity index (χ0n) is 12.9. The van der Waals surface area contributed by atoms with E-state index in [4.69, 9.17) is 4.74 Å². The number of urea groups is 1. The number of amides is 3. The maximum absolute atomic E-state index is 11.5. The van der Waals surface area contributed by atoms with E-state index in [0.717, 1.165) is 15.1 Å². The molecule has 2 N–H and O–H groups in total. The highest BCUT2D eigenvalue weighted by atomic mass is 79.9. The number of imide groups is 1. The molecule has 1 rings (SSSR count). The minimum absolute atomic E-state index is 0.461. The van der Waals surface area contributed by atoms with E-state index in [1.54, 1.807) is 6.08 Å². The van der Waals surface area contributed by atoms with E-state index in [1.165, 1.54) is 17.4 Å².